The van der Waals surface area contributed by atoms with Crippen molar-refractivity contribution in [3.05, 3.63) is 68.6 Å². The Labute approximate surface area is 178 Å². The molecule has 164 valence electrons. The Kier molecular flexibility index (Phi) is 5.91. The van der Waals surface area contributed by atoms with Crippen LogP contribution >= 0.6 is 0 Å². The fraction of sp³-hybridized carbons (Fsp3) is 0.286. The van der Waals surface area contributed by atoms with Gasteiger partial charge in [0.1, 0.15) is 17.1 Å². The molecule has 0 bridgehead atoms. The number of carbonyl (C=O) groups is 1. The molecule has 2 heterocycles. The summed E-state index contributed by atoms with van der Waals surface area (Å²) in [7, 11) is 6.07. The number of rotatable bonds is 6. The number of hydrogen-bond donors (Lipinski definition) is 3. The lowest BCUT2D eigenvalue weighted by Gasteiger charge is -2.20. The first-order valence-electron chi connectivity index (χ1n) is 9.54. The lowest BCUT2D eigenvalue weighted by Crippen LogP contribution is -2.38. The van der Waals surface area contributed by atoms with Gasteiger partial charge in [-0.05, 0) is 31.2 Å². The standard InChI is InChI=1S/C21H25N5O5/c1-12(15-10-7-11-31-15)22-16-17(21(30)26(5)25(4)20(16)29)23-14-9-6-8-13(18(14)27)19(28)24(2)3/h6-12,22-23,27H,1-5H3. The molecule has 1 unspecified atom stereocenters. The molecule has 2 aromatic heterocycles. The molecule has 0 saturated carbocycles. The third-order valence-corrected chi connectivity index (χ3v) is 4.98. The molecule has 0 aliphatic rings. The number of aromatic hydroxyl groups is 1. The van der Waals surface area contributed by atoms with Gasteiger partial charge in [-0.2, -0.15) is 0 Å². The minimum atomic E-state index is -0.500. The number of carbonyl (C=O) groups excluding carboxylic acids is 1. The summed E-state index contributed by atoms with van der Waals surface area (Å²) in [5, 5.41) is 16.5. The number of benzene rings is 1. The molecule has 0 aliphatic carbocycles. The zero-order valence-corrected chi connectivity index (χ0v) is 18.0. The van der Waals surface area contributed by atoms with Crippen molar-refractivity contribution in [1.29, 1.82) is 0 Å². The van der Waals surface area contributed by atoms with E-state index in [1.54, 1.807) is 39.2 Å². The maximum Gasteiger partial charge on any atom is 0.290 e. The van der Waals surface area contributed by atoms with E-state index in [0.717, 1.165) is 4.68 Å². The van der Waals surface area contributed by atoms with E-state index in [1.165, 1.54) is 42.1 Å². The van der Waals surface area contributed by atoms with Gasteiger partial charge in [-0.3, -0.25) is 14.4 Å². The molecule has 0 fully saturated rings. The quantitative estimate of drug-likeness (QED) is 0.514. The third-order valence-electron chi connectivity index (χ3n) is 4.98. The Balaban J connectivity index is 2.11. The van der Waals surface area contributed by atoms with E-state index in [-0.39, 0.29) is 28.4 Å². The molecule has 1 amide bonds. The second-order valence-corrected chi connectivity index (χ2v) is 7.32. The van der Waals surface area contributed by atoms with Crippen LogP contribution in [0.2, 0.25) is 0 Å². The zero-order chi connectivity index (χ0) is 22.9. The van der Waals surface area contributed by atoms with E-state index < -0.39 is 23.1 Å². The van der Waals surface area contributed by atoms with Crippen molar-refractivity contribution in [2.45, 2.75) is 13.0 Å². The van der Waals surface area contributed by atoms with Gasteiger partial charge >= 0.3 is 0 Å². The minimum absolute atomic E-state index is 0.0123. The highest BCUT2D eigenvalue weighted by atomic mass is 16.3. The number of para-hydroxylation sites is 1. The Bertz CT molecular complexity index is 1220. The van der Waals surface area contributed by atoms with Crippen molar-refractivity contribution in [2.75, 3.05) is 24.7 Å². The van der Waals surface area contributed by atoms with Crippen LogP contribution in [0.15, 0.2) is 50.6 Å². The number of anilines is 3. The molecule has 31 heavy (non-hydrogen) atoms. The number of phenolic OH excluding ortho intramolecular Hbond substituents is 1. The van der Waals surface area contributed by atoms with Gasteiger partial charge in [-0.25, -0.2) is 9.36 Å². The Morgan fingerprint density at radius 2 is 1.71 bits per heavy atom. The first-order chi connectivity index (χ1) is 14.6. The summed E-state index contributed by atoms with van der Waals surface area (Å²) in [5.74, 6) is -0.146. The Morgan fingerprint density at radius 3 is 2.29 bits per heavy atom. The summed E-state index contributed by atoms with van der Waals surface area (Å²) in [5.41, 5.74) is -0.823. The van der Waals surface area contributed by atoms with Gasteiger partial charge in [-0.1, -0.05) is 6.07 Å². The fourth-order valence-electron chi connectivity index (χ4n) is 3.08. The molecule has 0 spiro atoms. The molecule has 10 nitrogen and oxygen atoms in total. The highest BCUT2D eigenvalue weighted by Crippen LogP contribution is 2.32. The molecular weight excluding hydrogens is 402 g/mol. The number of furan rings is 1. The normalized spacial score (nSPS) is 11.8. The summed E-state index contributed by atoms with van der Waals surface area (Å²) >= 11 is 0. The van der Waals surface area contributed by atoms with Crippen LogP contribution in [0, 0.1) is 0 Å². The van der Waals surface area contributed by atoms with Gasteiger partial charge < -0.3 is 25.1 Å². The van der Waals surface area contributed by atoms with Crippen molar-refractivity contribution in [3.63, 3.8) is 0 Å². The van der Waals surface area contributed by atoms with Crippen molar-refractivity contribution in [3.8, 4) is 5.75 Å². The number of amides is 1. The van der Waals surface area contributed by atoms with Crippen molar-refractivity contribution < 1.29 is 14.3 Å². The first kappa shape index (κ1) is 21.8. The van der Waals surface area contributed by atoms with Crippen LogP contribution in [0.1, 0.15) is 29.1 Å². The van der Waals surface area contributed by atoms with Gasteiger partial charge in [0, 0.05) is 28.2 Å². The van der Waals surface area contributed by atoms with E-state index >= 15 is 0 Å². The van der Waals surface area contributed by atoms with Crippen LogP contribution in [-0.4, -0.2) is 39.4 Å². The molecule has 1 atom stereocenters. The summed E-state index contributed by atoms with van der Waals surface area (Å²) in [6, 6.07) is 7.62. The second-order valence-electron chi connectivity index (χ2n) is 7.32. The van der Waals surface area contributed by atoms with E-state index in [4.69, 9.17) is 4.42 Å². The number of phenols is 1. The predicted molar refractivity (Wildman–Crippen MR) is 117 cm³/mol. The minimum Gasteiger partial charge on any atom is -0.505 e. The maximum atomic E-state index is 13.0. The van der Waals surface area contributed by atoms with Gasteiger partial charge in [0.2, 0.25) is 0 Å². The average Bonchev–Trinajstić information content (AvgIpc) is 3.28. The van der Waals surface area contributed by atoms with Crippen LogP contribution in [-0.2, 0) is 14.1 Å². The van der Waals surface area contributed by atoms with Gasteiger partial charge in [-0.15, -0.1) is 0 Å². The van der Waals surface area contributed by atoms with Crippen molar-refractivity contribution in [1.82, 2.24) is 14.3 Å². The predicted octanol–water partition coefficient (Wildman–Crippen LogP) is 2.00. The molecule has 3 rings (SSSR count). The van der Waals surface area contributed by atoms with E-state index in [9.17, 15) is 19.5 Å². The monoisotopic (exact) mass is 427 g/mol. The van der Waals surface area contributed by atoms with Crippen LogP contribution < -0.4 is 21.8 Å². The summed E-state index contributed by atoms with van der Waals surface area (Å²) in [4.78, 5) is 39.6. The SMILES string of the molecule is CC(Nc1c(Nc2cccc(C(=O)N(C)C)c2O)c(=O)n(C)n(C)c1=O)c1ccco1. The highest BCUT2D eigenvalue weighted by molar-refractivity contribution is 5.98. The topological polar surface area (TPSA) is 122 Å². The van der Waals surface area contributed by atoms with Crippen LogP contribution in [0.4, 0.5) is 17.1 Å². The molecule has 10 heteroatoms. The molecular formula is C21H25N5O5. The molecule has 0 aliphatic heterocycles. The average molecular weight is 427 g/mol. The van der Waals surface area contributed by atoms with Gasteiger partial charge in [0.15, 0.2) is 5.75 Å². The summed E-state index contributed by atoms with van der Waals surface area (Å²) in [6.45, 7) is 1.79. The van der Waals surface area contributed by atoms with Crippen LogP contribution in [0.5, 0.6) is 5.75 Å². The number of nitrogens with zero attached hydrogens (tertiary/aromatic N) is 3. The molecule has 0 radical (unpaired) electrons. The zero-order valence-electron chi connectivity index (χ0n) is 18.0. The lowest BCUT2D eigenvalue weighted by atomic mass is 10.1. The third kappa shape index (κ3) is 4.04. The van der Waals surface area contributed by atoms with Crippen molar-refractivity contribution >= 4 is 23.0 Å². The Morgan fingerprint density at radius 1 is 1.06 bits per heavy atom. The summed E-state index contributed by atoms with van der Waals surface area (Å²) < 4.78 is 7.71. The second kappa shape index (κ2) is 8.42. The maximum absolute atomic E-state index is 13.0. The molecule has 3 N–H and O–H groups in total. The number of aromatic nitrogens is 2. The smallest absolute Gasteiger partial charge is 0.290 e. The fourth-order valence-corrected chi connectivity index (χ4v) is 3.08. The molecule has 0 saturated heterocycles. The highest BCUT2D eigenvalue weighted by Gasteiger charge is 2.22. The molecule has 3 aromatic rings. The van der Waals surface area contributed by atoms with E-state index in [2.05, 4.69) is 10.6 Å². The summed E-state index contributed by atoms with van der Waals surface area (Å²) in [6.07, 6.45) is 1.51. The first-order valence-corrected chi connectivity index (χ1v) is 9.54. The van der Waals surface area contributed by atoms with Crippen LogP contribution in [0.3, 0.4) is 0 Å². The van der Waals surface area contributed by atoms with Crippen molar-refractivity contribution in [2.24, 2.45) is 14.1 Å². The largest absolute Gasteiger partial charge is 0.505 e. The van der Waals surface area contributed by atoms with Gasteiger partial charge in [0.25, 0.3) is 17.0 Å². The van der Waals surface area contributed by atoms with E-state index in [1.807, 2.05) is 0 Å². The van der Waals surface area contributed by atoms with Crippen LogP contribution in [0.25, 0.3) is 0 Å². The molecule has 1 aromatic carbocycles. The van der Waals surface area contributed by atoms with E-state index in [0.29, 0.717) is 5.76 Å². The Hall–Kier alpha value is -3.95. The lowest BCUT2D eigenvalue weighted by molar-refractivity contribution is 0.0824. The van der Waals surface area contributed by atoms with Gasteiger partial charge in [0.05, 0.1) is 23.6 Å². The number of hydrogen-bond acceptors (Lipinski definition) is 7. The number of nitrogens with one attached hydrogen (secondary N) is 2.